The van der Waals surface area contributed by atoms with Crippen molar-refractivity contribution in [2.45, 2.75) is 0 Å². The molecule has 1 aromatic carbocycles. The average Bonchev–Trinajstić information content (AvgIpc) is 2.42. The number of hydrogen-bond donors (Lipinski definition) is 2. The number of nitrogens with one attached hydrogen (secondary N) is 1. The molecule has 0 saturated heterocycles. The van der Waals surface area contributed by atoms with Gasteiger partial charge < -0.3 is 15.8 Å². The van der Waals surface area contributed by atoms with Crippen LogP contribution in [0.3, 0.4) is 0 Å². The van der Waals surface area contributed by atoms with Crippen molar-refractivity contribution in [1.82, 2.24) is 10.2 Å². The fraction of sp³-hybridized carbons (Fsp3) is 0.0833. The van der Waals surface area contributed by atoms with Crippen LogP contribution in [0.4, 0.5) is 15.9 Å². The molecule has 2 aromatic rings. The summed E-state index contributed by atoms with van der Waals surface area (Å²) in [5.41, 5.74) is 5.40. The van der Waals surface area contributed by atoms with Crippen LogP contribution in [-0.4, -0.2) is 23.2 Å². The molecule has 0 aliphatic carbocycles. The molecule has 3 N–H and O–H groups in total. The number of rotatable bonds is 3. The van der Waals surface area contributed by atoms with Gasteiger partial charge in [-0.25, -0.2) is 4.39 Å². The molecule has 1 amide bonds. The molecule has 98 valence electrons. The minimum atomic E-state index is -0.584. The van der Waals surface area contributed by atoms with Gasteiger partial charge in [-0.3, -0.25) is 4.79 Å². The molecule has 1 heterocycles. The molecule has 0 aliphatic heterocycles. The maximum absolute atomic E-state index is 13.5. The molecule has 0 aliphatic rings. The molecule has 2 rings (SSSR count). The zero-order valence-electron chi connectivity index (χ0n) is 10.1. The Bertz CT molecular complexity index is 601. The quantitative estimate of drug-likeness (QED) is 0.873. The van der Waals surface area contributed by atoms with Crippen molar-refractivity contribution in [2.75, 3.05) is 18.2 Å². The number of aromatic nitrogens is 2. The molecule has 1 aromatic heterocycles. The number of nitrogens with two attached hydrogens (primary N) is 1. The van der Waals surface area contributed by atoms with E-state index in [2.05, 4.69) is 15.5 Å². The second-order valence-electron chi connectivity index (χ2n) is 3.64. The predicted octanol–water partition coefficient (Wildman–Crippen LogP) is 1.46. The van der Waals surface area contributed by atoms with Crippen molar-refractivity contribution < 1.29 is 13.9 Å². The van der Waals surface area contributed by atoms with Gasteiger partial charge in [-0.05, 0) is 24.3 Å². The number of benzene rings is 1. The Morgan fingerprint density at radius 2 is 2.11 bits per heavy atom. The number of anilines is 2. The number of carbonyl (C=O) groups is 1. The van der Waals surface area contributed by atoms with Gasteiger partial charge >= 0.3 is 0 Å². The van der Waals surface area contributed by atoms with Gasteiger partial charge in [0.15, 0.2) is 5.69 Å². The third kappa shape index (κ3) is 2.95. The Labute approximate surface area is 108 Å². The summed E-state index contributed by atoms with van der Waals surface area (Å²) in [5.74, 6) is -0.526. The number of methoxy groups -OCH3 is 1. The summed E-state index contributed by atoms with van der Waals surface area (Å²) in [6.07, 6.45) is 0. The fourth-order valence-corrected chi connectivity index (χ4v) is 1.38. The van der Waals surface area contributed by atoms with Gasteiger partial charge in [0.1, 0.15) is 17.4 Å². The van der Waals surface area contributed by atoms with Crippen LogP contribution < -0.4 is 15.8 Å². The average molecular weight is 262 g/mol. The minimum absolute atomic E-state index is 0.00275. The van der Waals surface area contributed by atoms with E-state index in [0.29, 0.717) is 5.75 Å². The third-order valence-corrected chi connectivity index (χ3v) is 2.34. The van der Waals surface area contributed by atoms with Crippen molar-refractivity contribution in [2.24, 2.45) is 0 Å². The maximum atomic E-state index is 13.5. The number of hydrogen-bond acceptors (Lipinski definition) is 5. The summed E-state index contributed by atoms with van der Waals surface area (Å²) in [6.45, 7) is 0. The van der Waals surface area contributed by atoms with E-state index in [1.165, 1.54) is 37.4 Å². The summed E-state index contributed by atoms with van der Waals surface area (Å²) >= 11 is 0. The molecule has 0 fully saturated rings. The summed E-state index contributed by atoms with van der Waals surface area (Å²) in [4.78, 5) is 11.8. The highest BCUT2D eigenvalue weighted by Gasteiger charge is 2.11. The van der Waals surface area contributed by atoms with E-state index in [-0.39, 0.29) is 17.2 Å². The Kier molecular flexibility index (Phi) is 3.56. The lowest BCUT2D eigenvalue weighted by molar-refractivity contribution is 0.102. The molecule has 0 saturated carbocycles. The standard InChI is InChI=1S/C12H11FN4O2/c1-19-7-2-3-8(13)10(6-7)15-12(18)9-4-5-11(14)17-16-9/h2-6H,1H3,(H2,14,17)(H,15,18). The molecule has 6 nitrogen and oxygen atoms in total. The summed E-state index contributed by atoms with van der Waals surface area (Å²) in [7, 11) is 1.45. The second-order valence-corrected chi connectivity index (χ2v) is 3.64. The molecule has 0 radical (unpaired) electrons. The number of nitrogen functional groups attached to an aromatic ring is 1. The first-order valence-electron chi connectivity index (χ1n) is 5.34. The van der Waals surface area contributed by atoms with Gasteiger partial charge in [-0.2, -0.15) is 0 Å². The number of ether oxygens (including phenoxy) is 1. The van der Waals surface area contributed by atoms with Gasteiger partial charge in [0.05, 0.1) is 12.8 Å². The number of carbonyl (C=O) groups excluding carboxylic acids is 1. The van der Waals surface area contributed by atoms with Gasteiger partial charge in [-0.15, -0.1) is 10.2 Å². The Morgan fingerprint density at radius 1 is 1.32 bits per heavy atom. The summed E-state index contributed by atoms with van der Waals surface area (Å²) in [5, 5.41) is 9.54. The monoisotopic (exact) mass is 262 g/mol. The van der Waals surface area contributed by atoms with E-state index in [4.69, 9.17) is 10.5 Å². The molecule has 0 spiro atoms. The van der Waals surface area contributed by atoms with Crippen LogP contribution in [0, 0.1) is 5.82 Å². The van der Waals surface area contributed by atoms with Gasteiger partial charge in [0.2, 0.25) is 0 Å². The van der Waals surface area contributed by atoms with E-state index in [1.807, 2.05) is 0 Å². The SMILES string of the molecule is COc1ccc(F)c(NC(=O)c2ccc(N)nn2)c1. The summed E-state index contributed by atoms with van der Waals surface area (Å²) < 4.78 is 18.5. The number of amides is 1. The van der Waals surface area contributed by atoms with Crippen LogP contribution in [0.5, 0.6) is 5.75 Å². The fourth-order valence-electron chi connectivity index (χ4n) is 1.38. The number of nitrogens with zero attached hydrogens (tertiary/aromatic N) is 2. The number of halogens is 1. The van der Waals surface area contributed by atoms with E-state index in [1.54, 1.807) is 0 Å². The van der Waals surface area contributed by atoms with Crippen molar-refractivity contribution in [3.63, 3.8) is 0 Å². The van der Waals surface area contributed by atoms with E-state index in [0.717, 1.165) is 0 Å². The van der Waals surface area contributed by atoms with Crippen molar-refractivity contribution >= 4 is 17.4 Å². The topological polar surface area (TPSA) is 90.1 Å². The Balaban J connectivity index is 2.21. The Morgan fingerprint density at radius 3 is 2.74 bits per heavy atom. The van der Waals surface area contributed by atoms with Crippen molar-refractivity contribution in [1.29, 1.82) is 0 Å². The normalized spacial score (nSPS) is 10.0. The first kappa shape index (κ1) is 12.7. The predicted molar refractivity (Wildman–Crippen MR) is 67.3 cm³/mol. The van der Waals surface area contributed by atoms with Crippen molar-refractivity contribution in [3.05, 3.63) is 41.8 Å². The van der Waals surface area contributed by atoms with Crippen LogP contribution in [0.25, 0.3) is 0 Å². The zero-order valence-corrected chi connectivity index (χ0v) is 10.1. The molecular formula is C12H11FN4O2. The van der Waals surface area contributed by atoms with Crippen LogP contribution in [0.2, 0.25) is 0 Å². The van der Waals surface area contributed by atoms with Crippen LogP contribution in [0.15, 0.2) is 30.3 Å². The molecule has 19 heavy (non-hydrogen) atoms. The lowest BCUT2D eigenvalue weighted by Crippen LogP contribution is -2.15. The van der Waals surface area contributed by atoms with E-state index >= 15 is 0 Å². The highest BCUT2D eigenvalue weighted by atomic mass is 19.1. The van der Waals surface area contributed by atoms with Crippen molar-refractivity contribution in [3.8, 4) is 5.75 Å². The maximum Gasteiger partial charge on any atom is 0.276 e. The minimum Gasteiger partial charge on any atom is -0.497 e. The molecule has 0 atom stereocenters. The largest absolute Gasteiger partial charge is 0.497 e. The Hall–Kier alpha value is -2.70. The van der Waals surface area contributed by atoms with Crippen LogP contribution >= 0.6 is 0 Å². The molecule has 0 unspecified atom stereocenters. The van der Waals surface area contributed by atoms with E-state index in [9.17, 15) is 9.18 Å². The smallest absolute Gasteiger partial charge is 0.276 e. The second kappa shape index (κ2) is 5.30. The van der Waals surface area contributed by atoms with Crippen LogP contribution in [0.1, 0.15) is 10.5 Å². The van der Waals surface area contributed by atoms with E-state index < -0.39 is 11.7 Å². The third-order valence-electron chi connectivity index (χ3n) is 2.34. The summed E-state index contributed by atoms with van der Waals surface area (Å²) in [6, 6.07) is 6.86. The molecule has 0 bridgehead atoms. The van der Waals surface area contributed by atoms with Gasteiger partial charge in [0, 0.05) is 6.07 Å². The highest BCUT2D eigenvalue weighted by Crippen LogP contribution is 2.21. The zero-order chi connectivity index (χ0) is 13.8. The first-order valence-corrected chi connectivity index (χ1v) is 5.34. The first-order chi connectivity index (χ1) is 9.10. The highest BCUT2D eigenvalue weighted by molar-refractivity contribution is 6.02. The van der Waals surface area contributed by atoms with Gasteiger partial charge in [-0.1, -0.05) is 0 Å². The molecule has 7 heteroatoms. The lowest BCUT2D eigenvalue weighted by Gasteiger charge is -2.07. The van der Waals surface area contributed by atoms with Gasteiger partial charge in [0.25, 0.3) is 5.91 Å². The van der Waals surface area contributed by atoms with Crippen LogP contribution in [-0.2, 0) is 0 Å². The molecular weight excluding hydrogens is 251 g/mol. The lowest BCUT2D eigenvalue weighted by atomic mass is 10.2.